The molecule has 0 saturated carbocycles. The van der Waals surface area contributed by atoms with Gasteiger partial charge in [-0.15, -0.1) is 0 Å². The molecule has 0 fully saturated rings. The summed E-state index contributed by atoms with van der Waals surface area (Å²) in [5, 5.41) is 3.17. The fourth-order valence-corrected chi connectivity index (χ4v) is 1.85. The van der Waals surface area contributed by atoms with Gasteiger partial charge in [-0.2, -0.15) is 0 Å². The number of aryl methyl sites for hydroxylation is 2. The third kappa shape index (κ3) is 2.18. The van der Waals surface area contributed by atoms with Crippen LogP contribution < -0.4 is 5.56 Å². The fraction of sp³-hybridized carbons (Fsp3) is 0.357. The number of H-pyrrole nitrogens is 1. The maximum atomic E-state index is 11.9. The summed E-state index contributed by atoms with van der Waals surface area (Å²) in [6, 6.07) is 7.78. The highest BCUT2D eigenvalue weighted by atomic mass is 16.1. The largest absolute Gasteiger partial charge is 0.295 e. The molecule has 0 unspecified atom stereocenters. The molecule has 0 saturated heterocycles. The number of nitrogens with zero attached hydrogens (tertiary/aromatic N) is 1. The lowest BCUT2D eigenvalue weighted by atomic mass is 10.1. The number of aromatic amines is 1. The predicted molar refractivity (Wildman–Crippen MR) is 70.0 cm³/mol. The molecule has 1 heterocycles. The Kier molecular flexibility index (Phi) is 2.92. The Hall–Kier alpha value is -1.77. The van der Waals surface area contributed by atoms with Crippen LogP contribution in [0.5, 0.6) is 0 Å². The van der Waals surface area contributed by atoms with E-state index in [1.165, 1.54) is 0 Å². The average Bonchev–Trinajstić information content (AvgIpc) is 2.64. The van der Waals surface area contributed by atoms with Gasteiger partial charge in [-0.3, -0.25) is 9.89 Å². The molecule has 2 rings (SSSR count). The summed E-state index contributed by atoms with van der Waals surface area (Å²) in [5.41, 5.74) is 4.15. The monoisotopic (exact) mass is 230 g/mol. The van der Waals surface area contributed by atoms with Crippen LogP contribution in [0.4, 0.5) is 0 Å². The standard InChI is InChI=1S/C14H18N2O/c1-9(2)12-8-14(17)16(15-12)13-7-10(3)5-6-11(13)4/h5-9,15H,1-4H3. The predicted octanol–water partition coefficient (Wildman–Crippen LogP) is 2.91. The quantitative estimate of drug-likeness (QED) is 0.846. The molecule has 0 radical (unpaired) electrons. The van der Waals surface area contributed by atoms with Gasteiger partial charge in [0, 0.05) is 11.8 Å². The third-order valence-corrected chi connectivity index (χ3v) is 2.97. The van der Waals surface area contributed by atoms with Crippen molar-refractivity contribution in [1.29, 1.82) is 0 Å². The molecule has 3 nitrogen and oxygen atoms in total. The van der Waals surface area contributed by atoms with Gasteiger partial charge in [0.05, 0.1) is 5.69 Å². The van der Waals surface area contributed by atoms with Gasteiger partial charge in [-0.05, 0) is 37.0 Å². The molecule has 90 valence electrons. The minimum atomic E-state index is 0.00222. The van der Waals surface area contributed by atoms with Gasteiger partial charge < -0.3 is 0 Å². The summed E-state index contributed by atoms with van der Waals surface area (Å²) in [4.78, 5) is 11.9. The van der Waals surface area contributed by atoms with Gasteiger partial charge in [0.1, 0.15) is 0 Å². The van der Waals surface area contributed by atoms with Gasteiger partial charge in [-0.25, -0.2) is 4.68 Å². The minimum Gasteiger partial charge on any atom is -0.295 e. The molecule has 1 aromatic carbocycles. The maximum Gasteiger partial charge on any atom is 0.271 e. The van der Waals surface area contributed by atoms with Crippen molar-refractivity contribution in [1.82, 2.24) is 9.78 Å². The van der Waals surface area contributed by atoms with Crippen LogP contribution in [0.1, 0.15) is 36.6 Å². The minimum absolute atomic E-state index is 0.00222. The van der Waals surface area contributed by atoms with E-state index in [4.69, 9.17) is 0 Å². The van der Waals surface area contributed by atoms with Crippen LogP contribution in [0, 0.1) is 13.8 Å². The Bertz CT molecular complexity index is 591. The van der Waals surface area contributed by atoms with Gasteiger partial charge in [0.2, 0.25) is 0 Å². The van der Waals surface area contributed by atoms with Crippen LogP contribution in [0.2, 0.25) is 0 Å². The van der Waals surface area contributed by atoms with Gasteiger partial charge >= 0.3 is 0 Å². The zero-order valence-corrected chi connectivity index (χ0v) is 10.7. The summed E-state index contributed by atoms with van der Waals surface area (Å²) < 4.78 is 1.62. The summed E-state index contributed by atoms with van der Waals surface area (Å²) in [5.74, 6) is 0.328. The molecule has 2 aromatic rings. The summed E-state index contributed by atoms with van der Waals surface area (Å²) in [7, 11) is 0. The Morgan fingerprint density at radius 2 is 1.88 bits per heavy atom. The number of hydrogen-bond acceptors (Lipinski definition) is 1. The number of hydrogen-bond donors (Lipinski definition) is 1. The Morgan fingerprint density at radius 3 is 2.47 bits per heavy atom. The number of nitrogens with one attached hydrogen (secondary N) is 1. The van der Waals surface area contributed by atoms with E-state index in [0.29, 0.717) is 5.92 Å². The molecule has 0 aliphatic heterocycles. The van der Waals surface area contributed by atoms with E-state index < -0.39 is 0 Å². The van der Waals surface area contributed by atoms with E-state index in [-0.39, 0.29) is 5.56 Å². The van der Waals surface area contributed by atoms with Crippen molar-refractivity contribution in [3.63, 3.8) is 0 Å². The van der Waals surface area contributed by atoms with Crippen molar-refractivity contribution < 1.29 is 0 Å². The summed E-state index contributed by atoms with van der Waals surface area (Å²) >= 11 is 0. The lowest BCUT2D eigenvalue weighted by Crippen LogP contribution is -2.14. The maximum absolute atomic E-state index is 11.9. The fourth-order valence-electron chi connectivity index (χ4n) is 1.85. The van der Waals surface area contributed by atoms with Crippen molar-refractivity contribution in [2.45, 2.75) is 33.6 Å². The average molecular weight is 230 g/mol. The van der Waals surface area contributed by atoms with Crippen molar-refractivity contribution in [3.8, 4) is 5.69 Å². The second kappa shape index (κ2) is 4.24. The number of aromatic nitrogens is 2. The van der Waals surface area contributed by atoms with Crippen molar-refractivity contribution >= 4 is 0 Å². The lowest BCUT2D eigenvalue weighted by molar-refractivity contribution is 0.757. The number of rotatable bonds is 2. The van der Waals surface area contributed by atoms with E-state index in [1.807, 2.05) is 26.0 Å². The first kappa shape index (κ1) is 11.7. The van der Waals surface area contributed by atoms with Crippen molar-refractivity contribution in [2.24, 2.45) is 0 Å². The molecule has 0 aliphatic rings. The van der Waals surface area contributed by atoms with E-state index in [1.54, 1.807) is 10.7 Å². The van der Waals surface area contributed by atoms with Crippen molar-refractivity contribution in [2.75, 3.05) is 0 Å². The third-order valence-electron chi connectivity index (χ3n) is 2.97. The van der Waals surface area contributed by atoms with Crippen LogP contribution in [-0.2, 0) is 0 Å². The molecule has 0 aliphatic carbocycles. The first-order valence-corrected chi connectivity index (χ1v) is 5.88. The smallest absolute Gasteiger partial charge is 0.271 e. The molecule has 1 aromatic heterocycles. The molecule has 0 bridgehead atoms. The van der Waals surface area contributed by atoms with E-state index >= 15 is 0 Å². The van der Waals surface area contributed by atoms with Crippen molar-refractivity contribution in [3.05, 3.63) is 51.4 Å². The molecule has 3 heteroatoms. The van der Waals surface area contributed by atoms with Crippen LogP contribution in [0.15, 0.2) is 29.1 Å². The molecule has 0 amide bonds. The number of benzene rings is 1. The normalized spacial score (nSPS) is 11.1. The molecular weight excluding hydrogens is 212 g/mol. The SMILES string of the molecule is Cc1ccc(C)c(-n2[nH]c(C(C)C)cc2=O)c1. The molecular formula is C14H18N2O. The van der Waals surface area contributed by atoms with Crippen LogP contribution in [0.3, 0.4) is 0 Å². The molecule has 0 atom stereocenters. The first-order chi connectivity index (χ1) is 7.99. The zero-order valence-electron chi connectivity index (χ0n) is 10.7. The lowest BCUT2D eigenvalue weighted by Gasteiger charge is -2.08. The Balaban J connectivity index is 2.60. The second-order valence-electron chi connectivity index (χ2n) is 4.83. The topological polar surface area (TPSA) is 37.8 Å². The van der Waals surface area contributed by atoms with Crippen LogP contribution in [0.25, 0.3) is 5.69 Å². The zero-order chi connectivity index (χ0) is 12.6. The van der Waals surface area contributed by atoms with Gasteiger partial charge in [0.15, 0.2) is 0 Å². The highest BCUT2D eigenvalue weighted by Gasteiger charge is 2.09. The molecule has 1 N–H and O–H groups in total. The first-order valence-electron chi connectivity index (χ1n) is 5.88. The highest BCUT2D eigenvalue weighted by molar-refractivity contribution is 5.42. The molecule has 17 heavy (non-hydrogen) atoms. The second-order valence-corrected chi connectivity index (χ2v) is 4.83. The van der Waals surface area contributed by atoms with E-state index in [0.717, 1.165) is 22.5 Å². The van der Waals surface area contributed by atoms with E-state index in [2.05, 4.69) is 25.0 Å². The summed E-state index contributed by atoms with van der Waals surface area (Å²) in [6.07, 6.45) is 0. The Morgan fingerprint density at radius 1 is 1.18 bits per heavy atom. The van der Waals surface area contributed by atoms with E-state index in [9.17, 15) is 4.79 Å². The highest BCUT2D eigenvalue weighted by Crippen LogP contribution is 2.15. The van der Waals surface area contributed by atoms with Gasteiger partial charge in [-0.1, -0.05) is 26.0 Å². The van der Waals surface area contributed by atoms with Crippen LogP contribution in [-0.4, -0.2) is 9.78 Å². The van der Waals surface area contributed by atoms with Crippen LogP contribution >= 0.6 is 0 Å². The molecule has 0 spiro atoms. The Labute approximate surface area is 101 Å². The summed E-state index contributed by atoms with van der Waals surface area (Å²) in [6.45, 7) is 8.18. The van der Waals surface area contributed by atoms with Gasteiger partial charge in [0.25, 0.3) is 5.56 Å².